The third kappa shape index (κ3) is 28.2. The van der Waals surface area contributed by atoms with Gasteiger partial charge in [0, 0.05) is 0 Å². The number of unbranched alkanes of at least 4 members (excludes halogenated alkanes) is 22. The Morgan fingerprint density at radius 1 is 0.400 bits per heavy atom. The first-order valence-corrected chi connectivity index (χ1v) is 16.7. The quantitative estimate of drug-likeness (QED) is 0.0722. The van der Waals surface area contributed by atoms with E-state index in [1.165, 1.54) is 185 Å². The largest absolute Gasteiger partial charge is 0.0999 e. The van der Waals surface area contributed by atoms with Crippen molar-refractivity contribution in [2.75, 3.05) is 0 Å². The minimum absolute atomic E-state index is 0.499. The van der Waals surface area contributed by atoms with Crippen molar-refractivity contribution in [1.82, 2.24) is 0 Å². The predicted octanol–water partition coefficient (Wildman–Crippen LogP) is 13.5. The lowest BCUT2D eigenvalue weighted by Gasteiger charge is -2.25. The van der Waals surface area contributed by atoms with Crippen molar-refractivity contribution in [1.29, 1.82) is 0 Å². The van der Waals surface area contributed by atoms with Crippen LogP contribution in [0.1, 0.15) is 207 Å². The first-order chi connectivity index (χ1) is 17.0. The summed E-state index contributed by atoms with van der Waals surface area (Å²) in [4.78, 5) is 0. The summed E-state index contributed by atoms with van der Waals surface area (Å²) in [6.07, 6.45) is 40.0. The molecular formula is C35H70. The van der Waals surface area contributed by atoms with Crippen molar-refractivity contribution in [2.24, 2.45) is 5.41 Å². The molecule has 0 aromatic heterocycles. The molecule has 210 valence electrons. The fourth-order valence-electron chi connectivity index (χ4n) is 5.43. The summed E-state index contributed by atoms with van der Waals surface area (Å²) in [6.45, 7) is 13.9. The van der Waals surface area contributed by atoms with Crippen LogP contribution in [0, 0.1) is 5.41 Å². The van der Waals surface area contributed by atoms with E-state index in [0.29, 0.717) is 5.41 Å². The molecule has 0 aromatic rings. The fraction of sp³-hybridized carbons (Fsp3) is 0.943. The number of hydrogen-bond acceptors (Lipinski definition) is 0. The van der Waals surface area contributed by atoms with Crippen LogP contribution in [0.2, 0.25) is 0 Å². The number of hydrogen-bond donors (Lipinski definition) is 0. The Balaban J connectivity index is 3.36. The molecule has 0 fully saturated rings. The van der Waals surface area contributed by atoms with Crippen molar-refractivity contribution < 1.29 is 0 Å². The normalized spacial score (nSPS) is 11.9. The highest BCUT2D eigenvalue weighted by atomic mass is 14.2. The molecule has 0 aliphatic heterocycles. The van der Waals surface area contributed by atoms with Crippen LogP contribution in [0.15, 0.2) is 12.2 Å². The topological polar surface area (TPSA) is 0 Å². The Hall–Kier alpha value is -0.260. The van der Waals surface area contributed by atoms with Crippen molar-refractivity contribution in [2.45, 2.75) is 207 Å². The molecule has 0 aliphatic rings. The van der Waals surface area contributed by atoms with E-state index in [9.17, 15) is 0 Å². The molecule has 0 bridgehead atoms. The van der Waals surface area contributed by atoms with Gasteiger partial charge >= 0.3 is 0 Å². The van der Waals surface area contributed by atoms with Crippen LogP contribution in [0.4, 0.5) is 0 Å². The van der Waals surface area contributed by atoms with Gasteiger partial charge in [-0.05, 0) is 37.5 Å². The second kappa shape index (κ2) is 26.8. The van der Waals surface area contributed by atoms with E-state index in [2.05, 4.69) is 34.3 Å². The molecule has 0 heterocycles. The van der Waals surface area contributed by atoms with Crippen molar-refractivity contribution in [3.63, 3.8) is 0 Å². The van der Waals surface area contributed by atoms with E-state index in [1.54, 1.807) is 0 Å². The summed E-state index contributed by atoms with van der Waals surface area (Å²) >= 11 is 0. The van der Waals surface area contributed by atoms with E-state index in [-0.39, 0.29) is 0 Å². The van der Waals surface area contributed by atoms with Gasteiger partial charge in [0.05, 0.1) is 0 Å². The summed E-state index contributed by atoms with van der Waals surface area (Å²) in [5.74, 6) is 0. The molecule has 0 rings (SSSR count). The molecule has 0 spiro atoms. The molecule has 0 saturated carbocycles. The van der Waals surface area contributed by atoms with E-state index >= 15 is 0 Å². The summed E-state index contributed by atoms with van der Waals surface area (Å²) in [5.41, 5.74) is 2.01. The smallest absolute Gasteiger partial charge is 0.0318 e. The third-order valence-electron chi connectivity index (χ3n) is 8.25. The average Bonchev–Trinajstić information content (AvgIpc) is 2.84. The maximum atomic E-state index is 4.38. The van der Waals surface area contributed by atoms with E-state index in [4.69, 9.17) is 0 Å². The first-order valence-electron chi connectivity index (χ1n) is 16.7. The van der Waals surface area contributed by atoms with E-state index < -0.39 is 0 Å². The zero-order chi connectivity index (χ0) is 25.9. The maximum Gasteiger partial charge on any atom is -0.0318 e. The van der Waals surface area contributed by atoms with Crippen LogP contribution in [0.3, 0.4) is 0 Å². The molecule has 0 unspecified atom stereocenters. The zero-order valence-electron chi connectivity index (χ0n) is 25.5. The fourth-order valence-corrected chi connectivity index (χ4v) is 5.43. The Bertz CT molecular complexity index is 418. The van der Waals surface area contributed by atoms with Gasteiger partial charge in [0.15, 0.2) is 0 Å². The van der Waals surface area contributed by atoms with Crippen LogP contribution < -0.4 is 0 Å². The molecule has 0 atom stereocenters. The van der Waals surface area contributed by atoms with Gasteiger partial charge in [0.25, 0.3) is 0 Å². The predicted molar refractivity (Wildman–Crippen MR) is 164 cm³/mol. The molecule has 0 radical (unpaired) electrons. The van der Waals surface area contributed by atoms with Crippen molar-refractivity contribution in [3.05, 3.63) is 12.2 Å². The summed E-state index contributed by atoms with van der Waals surface area (Å²) in [6, 6.07) is 0. The zero-order valence-corrected chi connectivity index (χ0v) is 25.5. The Kier molecular flexibility index (Phi) is 26.6. The highest BCUT2D eigenvalue weighted by molar-refractivity contribution is 4.95. The molecule has 0 heteroatoms. The average molecular weight is 491 g/mol. The second-order valence-corrected chi connectivity index (χ2v) is 12.7. The number of allylic oxidation sites excluding steroid dienone is 1. The van der Waals surface area contributed by atoms with Gasteiger partial charge in [0.2, 0.25) is 0 Å². The van der Waals surface area contributed by atoms with Gasteiger partial charge in [-0.2, -0.15) is 0 Å². The summed E-state index contributed by atoms with van der Waals surface area (Å²) in [5, 5.41) is 0. The van der Waals surface area contributed by atoms with Crippen molar-refractivity contribution in [3.8, 4) is 0 Å². The van der Waals surface area contributed by atoms with Gasteiger partial charge in [0.1, 0.15) is 0 Å². The van der Waals surface area contributed by atoms with Crippen LogP contribution in [-0.2, 0) is 0 Å². The molecule has 0 amide bonds. The van der Waals surface area contributed by atoms with Crippen LogP contribution in [-0.4, -0.2) is 0 Å². The maximum absolute atomic E-state index is 4.38. The van der Waals surface area contributed by atoms with Gasteiger partial charge in [-0.1, -0.05) is 188 Å². The lowest BCUT2D eigenvalue weighted by atomic mass is 9.81. The van der Waals surface area contributed by atoms with Crippen LogP contribution >= 0.6 is 0 Å². The van der Waals surface area contributed by atoms with Gasteiger partial charge in [-0.3, -0.25) is 0 Å². The summed E-state index contributed by atoms with van der Waals surface area (Å²) in [7, 11) is 0. The van der Waals surface area contributed by atoms with Gasteiger partial charge in [-0.15, -0.1) is 0 Å². The van der Waals surface area contributed by atoms with E-state index in [0.717, 1.165) is 0 Å². The molecule has 0 N–H and O–H groups in total. The van der Waals surface area contributed by atoms with Crippen LogP contribution in [0.25, 0.3) is 0 Å². The second-order valence-electron chi connectivity index (χ2n) is 12.7. The van der Waals surface area contributed by atoms with E-state index in [1.807, 2.05) is 0 Å². The van der Waals surface area contributed by atoms with Gasteiger partial charge in [-0.25, -0.2) is 0 Å². The standard InChI is InChI=1S/C35H70/c1-6-8-10-12-14-15-16-17-18-19-20-21-22-23-24-25-27-29-32-35(4,5)33-31-34(3)30-28-26-13-11-9-7-2/h3,6-33H2,1-2,4-5H3. The lowest BCUT2D eigenvalue weighted by molar-refractivity contribution is 0.293. The summed E-state index contributed by atoms with van der Waals surface area (Å²) < 4.78 is 0. The highest BCUT2D eigenvalue weighted by Gasteiger charge is 2.17. The minimum atomic E-state index is 0.499. The molecule has 0 aliphatic carbocycles. The Morgan fingerprint density at radius 3 is 1.09 bits per heavy atom. The van der Waals surface area contributed by atoms with Gasteiger partial charge < -0.3 is 0 Å². The highest BCUT2D eigenvalue weighted by Crippen LogP contribution is 2.31. The lowest BCUT2D eigenvalue weighted by Crippen LogP contribution is -2.11. The molecule has 35 heavy (non-hydrogen) atoms. The Morgan fingerprint density at radius 2 is 0.714 bits per heavy atom. The van der Waals surface area contributed by atoms with Crippen molar-refractivity contribution >= 4 is 0 Å². The van der Waals surface area contributed by atoms with Crippen LogP contribution in [0.5, 0.6) is 0 Å². The number of rotatable bonds is 29. The third-order valence-corrected chi connectivity index (χ3v) is 8.25. The molecule has 0 nitrogen and oxygen atoms in total. The molecule has 0 saturated heterocycles. The molecular weight excluding hydrogens is 420 g/mol. The SMILES string of the molecule is C=C(CCCCCCCC)CCC(C)(C)CCCCCCCCCCCCCCCCCCCC. The minimum Gasteiger partial charge on any atom is -0.0999 e. The molecule has 0 aromatic carbocycles. The Labute approximate surface area is 224 Å². The monoisotopic (exact) mass is 491 g/mol. The first kappa shape index (κ1) is 34.7.